The second-order valence-corrected chi connectivity index (χ2v) is 5.31. The standard InChI is InChI=1S/C14H26F3NO/c1-2-3-10-19-11-6-9-18-13-8-5-4-7-12(13)14(15,16)17/h12-13,18H,2-11H2,1H3. The summed E-state index contributed by atoms with van der Waals surface area (Å²) in [5.41, 5.74) is 0. The Morgan fingerprint density at radius 1 is 1.11 bits per heavy atom. The lowest BCUT2D eigenvalue weighted by Gasteiger charge is -2.33. The molecule has 1 aliphatic rings. The van der Waals surface area contributed by atoms with E-state index in [1.54, 1.807) is 0 Å². The zero-order valence-corrected chi connectivity index (χ0v) is 11.8. The molecule has 0 heterocycles. The van der Waals surface area contributed by atoms with Gasteiger partial charge in [0.25, 0.3) is 0 Å². The lowest BCUT2D eigenvalue weighted by Crippen LogP contribution is -2.45. The molecule has 0 aromatic heterocycles. The lowest BCUT2D eigenvalue weighted by molar-refractivity contribution is -0.188. The van der Waals surface area contributed by atoms with Gasteiger partial charge in [0, 0.05) is 19.3 Å². The molecule has 19 heavy (non-hydrogen) atoms. The third kappa shape index (κ3) is 6.61. The molecule has 0 saturated heterocycles. The highest BCUT2D eigenvalue weighted by Crippen LogP contribution is 2.37. The molecule has 114 valence electrons. The number of nitrogens with one attached hydrogen (secondary N) is 1. The van der Waals surface area contributed by atoms with Crippen molar-refractivity contribution in [3.8, 4) is 0 Å². The Kier molecular flexibility index (Phi) is 7.76. The Labute approximate surface area is 114 Å². The lowest BCUT2D eigenvalue weighted by atomic mass is 9.84. The van der Waals surface area contributed by atoms with Crippen LogP contribution in [-0.2, 0) is 4.74 Å². The highest BCUT2D eigenvalue weighted by Gasteiger charge is 2.45. The highest BCUT2D eigenvalue weighted by molar-refractivity contribution is 4.85. The first-order valence-electron chi connectivity index (χ1n) is 7.43. The predicted molar refractivity (Wildman–Crippen MR) is 70.1 cm³/mol. The molecule has 0 amide bonds. The maximum atomic E-state index is 12.8. The van der Waals surface area contributed by atoms with Gasteiger partial charge in [-0.2, -0.15) is 13.2 Å². The normalized spacial score (nSPS) is 24.6. The summed E-state index contributed by atoms with van der Waals surface area (Å²) in [6.07, 6.45) is 1.38. The van der Waals surface area contributed by atoms with Crippen molar-refractivity contribution in [3.63, 3.8) is 0 Å². The van der Waals surface area contributed by atoms with Gasteiger partial charge in [0.1, 0.15) is 0 Å². The fourth-order valence-corrected chi connectivity index (χ4v) is 2.58. The number of hydrogen-bond acceptors (Lipinski definition) is 2. The SMILES string of the molecule is CCCCOCCCNC1CCCCC1C(F)(F)F. The Bertz CT molecular complexity index is 233. The van der Waals surface area contributed by atoms with E-state index < -0.39 is 18.1 Å². The van der Waals surface area contributed by atoms with E-state index in [0.29, 0.717) is 26.0 Å². The summed E-state index contributed by atoms with van der Waals surface area (Å²) in [7, 11) is 0. The maximum Gasteiger partial charge on any atom is 0.393 e. The van der Waals surface area contributed by atoms with Crippen molar-refractivity contribution < 1.29 is 17.9 Å². The fraction of sp³-hybridized carbons (Fsp3) is 1.00. The summed E-state index contributed by atoms with van der Waals surface area (Å²) >= 11 is 0. The third-order valence-corrected chi connectivity index (χ3v) is 3.70. The van der Waals surface area contributed by atoms with E-state index in [0.717, 1.165) is 32.3 Å². The monoisotopic (exact) mass is 281 g/mol. The molecule has 0 bridgehead atoms. The molecule has 0 aliphatic heterocycles. The van der Waals surface area contributed by atoms with Crippen LogP contribution >= 0.6 is 0 Å². The van der Waals surface area contributed by atoms with Gasteiger partial charge < -0.3 is 10.1 Å². The van der Waals surface area contributed by atoms with Crippen LogP contribution in [-0.4, -0.2) is 32.0 Å². The molecule has 0 radical (unpaired) electrons. The van der Waals surface area contributed by atoms with Crippen LogP contribution in [0, 0.1) is 5.92 Å². The topological polar surface area (TPSA) is 21.3 Å². The molecule has 1 saturated carbocycles. The number of unbranched alkanes of at least 4 members (excludes halogenated alkanes) is 1. The largest absolute Gasteiger partial charge is 0.393 e. The summed E-state index contributed by atoms with van der Waals surface area (Å²) in [6, 6.07) is -0.399. The van der Waals surface area contributed by atoms with E-state index >= 15 is 0 Å². The minimum atomic E-state index is -4.06. The molecular weight excluding hydrogens is 255 g/mol. The van der Waals surface area contributed by atoms with Gasteiger partial charge in [0.05, 0.1) is 5.92 Å². The van der Waals surface area contributed by atoms with E-state index in [-0.39, 0.29) is 6.42 Å². The first kappa shape index (κ1) is 16.8. The second-order valence-electron chi connectivity index (χ2n) is 5.31. The fourth-order valence-electron chi connectivity index (χ4n) is 2.58. The van der Waals surface area contributed by atoms with Crippen molar-refractivity contribution in [1.82, 2.24) is 5.32 Å². The van der Waals surface area contributed by atoms with Crippen molar-refractivity contribution in [3.05, 3.63) is 0 Å². The van der Waals surface area contributed by atoms with Crippen molar-refractivity contribution in [1.29, 1.82) is 0 Å². The molecule has 2 unspecified atom stereocenters. The van der Waals surface area contributed by atoms with Crippen LogP contribution in [0.2, 0.25) is 0 Å². The number of halogens is 3. The van der Waals surface area contributed by atoms with Crippen molar-refractivity contribution in [2.24, 2.45) is 5.92 Å². The molecule has 5 heteroatoms. The zero-order valence-electron chi connectivity index (χ0n) is 11.8. The van der Waals surface area contributed by atoms with Crippen LogP contribution in [0.1, 0.15) is 51.9 Å². The molecule has 0 spiro atoms. The van der Waals surface area contributed by atoms with Gasteiger partial charge >= 0.3 is 6.18 Å². The molecule has 0 aromatic rings. The average molecular weight is 281 g/mol. The van der Waals surface area contributed by atoms with Gasteiger partial charge in [-0.3, -0.25) is 0 Å². The number of alkyl halides is 3. The maximum absolute atomic E-state index is 12.8. The minimum Gasteiger partial charge on any atom is -0.381 e. The van der Waals surface area contributed by atoms with Crippen molar-refractivity contribution in [2.75, 3.05) is 19.8 Å². The van der Waals surface area contributed by atoms with Gasteiger partial charge in [-0.25, -0.2) is 0 Å². The molecule has 1 fully saturated rings. The first-order valence-corrected chi connectivity index (χ1v) is 7.43. The molecule has 1 N–H and O–H groups in total. The number of rotatable bonds is 8. The van der Waals surface area contributed by atoms with Crippen LogP contribution in [0.25, 0.3) is 0 Å². The summed E-state index contributed by atoms with van der Waals surface area (Å²) in [5, 5.41) is 3.07. The van der Waals surface area contributed by atoms with E-state index in [2.05, 4.69) is 12.2 Å². The van der Waals surface area contributed by atoms with Gasteiger partial charge in [0.2, 0.25) is 0 Å². The first-order chi connectivity index (χ1) is 9.05. The van der Waals surface area contributed by atoms with E-state index in [1.165, 1.54) is 0 Å². The summed E-state index contributed by atoms with van der Waals surface area (Å²) in [4.78, 5) is 0. The predicted octanol–water partition coefficient (Wildman–Crippen LogP) is 3.90. The van der Waals surface area contributed by atoms with Crippen molar-refractivity contribution >= 4 is 0 Å². The average Bonchev–Trinajstić information content (AvgIpc) is 2.37. The molecular formula is C14H26F3NO. The molecule has 1 aliphatic carbocycles. The van der Waals surface area contributed by atoms with Gasteiger partial charge in [-0.05, 0) is 32.2 Å². The van der Waals surface area contributed by atoms with Crippen molar-refractivity contribution in [2.45, 2.75) is 64.1 Å². The quantitative estimate of drug-likeness (QED) is 0.681. The summed E-state index contributed by atoms with van der Waals surface area (Å²) in [6.45, 7) is 4.11. The van der Waals surface area contributed by atoms with E-state index in [1.807, 2.05) is 0 Å². The van der Waals surface area contributed by atoms with Crippen LogP contribution in [0.4, 0.5) is 13.2 Å². The number of hydrogen-bond donors (Lipinski definition) is 1. The molecule has 2 nitrogen and oxygen atoms in total. The van der Waals surface area contributed by atoms with E-state index in [4.69, 9.17) is 4.74 Å². The van der Waals surface area contributed by atoms with Gasteiger partial charge in [-0.15, -0.1) is 0 Å². The van der Waals surface area contributed by atoms with Crippen LogP contribution in [0.3, 0.4) is 0 Å². The summed E-state index contributed by atoms with van der Waals surface area (Å²) < 4.78 is 43.9. The zero-order chi connectivity index (χ0) is 14.1. The Hall–Kier alpha value is -0.290. The Balaban J connectivity index is 2.15. The third-order valence-electron chi connectivity index (χ3n) is 3.70. The van der Waals surface area contributed by atoms with Crippen LogP contribution < -0.4 is 5.32 Å². The van der Waals surface area contributed by atoms with Gasteiger partial charge in [-0.1, -0.05) is 26.2 Å². The second kappa shape index (κ2) is 8.80. The highest BCUT2D eigenvalue weighted by atomic mass is 19.4. The van der Waals surface area contributed by atoms with Crippen LogP contribution in [0.5, 0.6) is 0 Å². The number of ether oxygens (including phenoxy) is 1. The Morgan fingerprint density at radius 3 is 2.47 bits per heavy atom. The van der Waals surface area contributed by atoms with E-state index in [9.17, 15) is 13.2 Å². The smallest absolute Gasteiger partial charge is 0.381 e. The van der Waals surface area contributed by atoms with Gasteiger partial charge in [0.15, 0.2) is 0 Å². The Morgan fingerprint density at radius 2 is 1.79 bits per heavy atom. The molecule has 2 atom stereocenters. The molecule has 0 aromatic carbocycles. The summed E-state index contributed by atoms with van der Waals surface area (Å²) in [5.74, 6) is -1.16. The molecule has 1 rings (SSSR count). The minimum absolute atomic E-state index is 0.272. The van der Waals surface area contributed by atoms with Crippen LogP contribution in [0.15, 0.2) is 0 Å².